The van der Waals surface area contributed by atoms with Gasteiger partial charge in [-0.25, -0.2) is 9.97 Å². The highest BCUT2D eigenvalue weighted by atomic mass is 16.5. The lowest BCUT2D eigenvalue weighted by atomic mass is 10.1. The molecule has 0 aliphatic rings. The minimum Gasteiger partial charge on any atom is -0.394 e. The lowest BCUT2D eigenvalue weighted by Crippen LogP contribution is -2.42. The Labute approximate surface area is 106 Å². The Bertz CT molecular complexity index is 383. The molecule has 4 N–H and O–H groups in total. The Morgan fingerprint density at radius 3 is 2.39 bits per heavy atom. The molecular weight excluding hydrogens is 236 g/mol. The minimum absolute atomic E-state index is 0.206. The number of hydrogen-bond acceptors (Lipinski definition) is 7. The molecule has 18 heavy (non-hydrogen) atoms. The Morgan fingerprint density at radius 2 is 1.89 bits per heavy atom. The van der Waals surface area contributed by atoms with E-state index in [0.717, 1.165) is 0 Å². The maximum atomic E-state index is 9.24. The standard InChI is InChI=1S/C11H20N4O3/c1-11(6-16,7-17)15-9-4-8(12-2)13-10(14-9)5-18-3/h4,16-17H,5-7H2,1-3H3,(H2,12,13,14,15). The number of aliphatic hydroxyl groups is 2. The molecule has 0 unspecified atom stereocenters. The van der Waals surface area contributed by atoms with Crippen LogP contribution in [0.15, 0.2) is 6.07 Å². The van der Waals surface area contributed by atoms with Gasteiger partial charge in [0.1, 0.15) is 18.2 Å². The molecule has 1 heterocycles. The summed E-state index contributed by atoms with van der Waals surface area (Å²) in [5.41, 5.74) is -0.830. The topological polar surface area (TPSA) is 99.5 Å². The number of methoxy groups -OCH3 is 1. The first-order valence-corrected chi connectivity index (χ1v) is 5.61. The SMILES string of the molecule is CNc1cc(NC(C)(CO)CO)nc(COC)n1. The maximum absolute atomic E-state index is 9.24. The summed E-state index contributed by atoms with van der Waals surface area (Å²) in [5.74, 6) is 1.68. The van der Waals surface area contributed by atoms with E-state index in [1.807, 2.05) is 0 Å². The second kappa shape index (κ2) is 6.48. The van der Waals surface area contributed by atoms with Crippen LogP contribution in [0.1, 0.15) is 12.7 Å². The van der Waals surface area contributed by atoms with Crippen molar-refractivity contribution in [1.82, 2.24) is 9.97 Å². The summed E-state index contributed by atoms with van der Waals surface area (Å²) in [6.07, 6.45) is 0. The van der Waals surface area contributed by atoms with Gasteiger partial charge < -0.3 is 25.6 Å². The molecule has 0 amide bonds. The molecule has 0 radical (unpaired) electrons. The molecule has 0 fully saturated rings. The van der Waals surface area contributed by atoms with Gasteiger partial charge in [-0.15, -0.1) is 0 Å². The van der Waals surface area contributed by atoms with Crippen molar-refractivity contribution in [1.29, 1.82) is 0 Å². The first-order chi connectivity index (χ1) is 8.56. The van der Waals surface area contributed by atoms with Crippen molar-refractivity contribution < 1.29 is 14.9 Å². The summed E-state index contributed by atoms with van der Waals surface area (Å²) in [6.45, 7) is 1.58. The fraction of sp³-hybridized carbons (Fsp3) is 0.636. The number of hydrogen-bond donors (Lipinski definition) is 4. The van der Waals surface area contributed by atoms with E-state index in [-0.39, 0.29) is 13.2 Å². The van der Waals surface area contributed by atoms with E-state index in [1.54, 1.807) is 27.1 Å². The molecule has 0 bridgehead atoms. The van der Waals surface area contributed by atoms with Crippen LogP contribution in [0, 0.1) is 0 Å². The van der Waals surface area contributed by atoms with Crippen LogP contribution in [0.5, 0.6) is 0 Å². The summed E-state index contributed by atoms with van der Waals surface area (Å²) >= 11 is 0. The van der Waals surface area contributed by atoms with E-state index in [1.165, 1.54) is 0 Å². The average Bonchev–Trinajstić information content (AvgIpc) is 2.38. The Balaban J connectivity index is 2.96. The molecule has 0 spiro atoms. The highest BCUT2D eigenvalue weighted by Crippen LogP contribution is 2.16. The maximum Gasteiger partial charge on any atom is 0.158 e. The first kappa shape index (κ1) is 14.6. The average molecular weight is 256 g/mol. The van der Waals surface area contributed by atoms with Crippen LogP contribution >= 0.6 is 0 Å². The van der Waals surface area contributed by atoms with E-state index in [4.69, 9.17) is 4.74 Å². The van der Waals surface area contributed by atoms with Gasteiger partial charge >= 0.3 is 0 Å². The van der Waals surface area contributed by atoms with Gasteiger partial charge in [0.05, 0.1) is 18.8 Å². The summed E-state index contributed by atoms with van der Waals surface area (Å²) in [6, 6.07) is 1.70. The van der Waals surface area contributed by atoms with Crippen molar-refractivity contribution in [2.75, 3.05) is 38.0 Å². The lowest BCUT2D eigenvalue weighted by Gasteiger charge is -2.27. The smallest absolute Gasteiger partial charge is 0.158 e. The van der Waals surface area contributed by atoms with Crippen molar-refractivity contribution in [2.24, 2.45) is 0 Å². The molecule has 0 aliphatic heterocycles. The van der Waals surface area contributed by atoms with Crippen molar-refractivity contribution in [3.63, 3.8) is 0 Å². The summed E-state index contributed by atoms with van der Waals surface area (Å²) in [7, 11) is 3.31. The summed E-state index contributed by atoms with van der Waals surface area (Å²) in [4.78, 5) is 8.45. The number of ether oxygens (including phenoxy) is 1. The third-order valence-electron chi connectivity index (χ3n) is 2.43. The van der Waals surface area contributed by atoms with Crippen molar-refractivity contribution in [3.8, 4) is 0 Å². The van der Waals surface area contributed by atoms with Gasteiger partial charge in [0.15, 0.2) is 5.82 Å². The Kier molecular flexibility index (Phi) is 5.26. The van der Waals surface area contributed by atoms with Crippen LogP contribution in [0.25, 0.3) is 0 Å². The van der Waals surface area contributed by atoms with Crippen molar-refractivity contribution in [2.45, 2.75) is 19.1 Å². The largest absolute Gasteiger partial charge is 0.394 e. The molecule has 1 rings (SSSR count). The Hall–Kier alpha value is -1.44. The van der Waals surface area contributed by atoms with Crippen LogP contribution < -0.4 is 10.6 Å². The van der Waals surface area contributed by atoms with Crippen LogP contribution in [-0.2, 0) is 11.3 Å². The second-order valence-corrected chi connectivity index (χ2v) is 4.24. The third-order valence-corrected chi connectivity index (χ3v) is 2.43. The normalized spacial score (nSPS) is 11.4. The van der Waals surface area contributed by atoms with E-state index in [0.29, 0.717) is 24.1 Å². The number of aromatic nitrogens is 2. The van der Waals surface area contributed by atoms with Crippen LogP contribution in [0.2, 0.25) is 0 Å². The molecule has 1 aromatic heterocycles. The van der Waals surface area contributed by atoms with Gasteiger partial charge in [-0.05, 0) is 6.92 Å². The van der Waals surface area contributed by atoms with Crippen molar-refractivity contribution >= 4 is 11.6 Å². The summed E-state index contributed by atoms with van der Waals surface area (Å²) < 4.78 is 4.99. The van der Waals surface area contributed by atoms with Crippen LogP contribution in [-0.4, -0.2) is 53.1 Å². The quantitative estimate of drug-likeness (QED) is 0.537. The zero-order chi connectivity index (χ0) is 13.6. The fourth-order valence-electron chi connectivity index (χ4n) is 1.32. The van der Waals surface area contributed by atoms with E-state index in [9.17, 15) is 10.2 Å². The van der Waals surface area contributed by atoms with Gasteiger partial charge in [0, 0.05) is 20.2 Å². The predicted molar refractivity (Wildman–Crippen MR) is 68.5 cm³/mol. The highest BCUT2D eigenvalue weighted by molar-refractivity contribution is 5.48. The van der Waals surface area contributed by atoms with Crippen molar-refractivity contribution in [3.05, 3.63) is 11.9 Å². The number of anilines is 2. The molecule has 7 nitrogen and oxygen atoms in total. The lowest BCUT2D eigenvalue weighted by molar-refractivity contribution is 0.147. The summed E-state index contributed by atoms with van der Waals surface area (Å²) in [5, 5.41) is 24.4. The van der Waals surface area contributed by atoms with Crippen LogP contribution in [0.4, 0.5) is 11.6 Å². The molecular formula is C11H20N4O3. The minimum atomic E-state index is -0.830. The Morgan fingerprint density at radius 1 is 1.28 bits per heavy atom. The zero-order valence-corrected chi connectivity index (χ0v) is 10.9. The van der Waals surface area contributed by atoms with E-state index < -0.39 is 5.54 Å². The van der Waals surface area contributed by atoms with Gasteiger partial charge in [0.25, 0.3) is 0 Å². The molecule has 0 saturated heterocycles. The first-order valence-electron chi connectivity index (χ1n) is 5.61. The second-order valence-electron chi connectivity index (χ2n) is 4.24. The molecule has 0 aliphatic carbocycles. The molecule has 102 valence electrons. The third kappa shape index (κ3) is 3.80. The van der Waals surface area contributed by atoms with Gasteiger partial charge in [0.2, 0.25) is 0 Å². The number of nitrogens with zero attached hydrogens (tertiary/aromatic N) is 2. The number of rotatable bonds is 7. The number of aliphatic hydroxyl groups excluding tert-OH is 2. The monoisotopic (exact) mass is 256 g/mol. The number of nitrogens with one attached hydrogen (secondary N) is 2. The van der Waals surface area contributed by atoms with Gasteiger partial charge in [-0.2, -0.15) is 0 Å². The molecule has 0 atom stereocenters. The van der Waals surface area contributed by atoms with Gasteiger partial charge in [-0.1, -0.05) is 0 Å². The highest BCUT2D eigenvalue weighted by Gasteiger charge is 2.22. The van der Waals surface area contributed by atoms with E-state index in [2.05, 4.69) is 20.6 Å². The van der Waals surface area contributed by atoms with Gasteiger partial charge in [-0.3, -0.25) is 0 Å². The molecule has 0 saturated carbocycles. The zero-order valence-electron chi connectivity index (χ0n) is 10.9. The molecule has 0 aromatic carbocycles. The predicted octanol–water partition coefficient (Wildman–Crippen LogP) is -0.180. The molecule has 1 aromatic rings. The molecule has 7 heteroatoms. The fourth-order valence-corrected chi connectivity index (χ4v) is 1.32. The van der Waals surface area contributed by atoms with Crippen LogP contribution in [0.3, 0.4) is 0 Å². The van der Waals surface area contributed by atoms with E-state index >= 15 is 0 Å².